The number of methoxy groups -OCH3 is 1. The number of nitrogens with zero attached hydrogens (tertiary/aromatic N) is 1. The lowest BCUT2D eigenvalue weighted by Crippen LogP contribution is -2.48. The maximum Gasteiger partial charge on any atom is 0.244 e. The Kier molecular flexibility index (Phi) is 3.22. The summed E-state index contributed by atoms with van der Waals surface area (Å²) in [5.41, 5.74) is 1.14. The number of ether oxygens (including phenoxy) is 1. The Morgan fingerprint density at radius 3 is 2.80 bits per heavy atom. The summed E-state index contributed by atoms with van der Waals surface area (Å²) in [6.45, 7) is 0.0790. The molecule has 0 bridgehead atoms. The smallest absolute Gasteiger partial charge is 0.244 e. The first-order valence-electron chi connectivity index (χ1n) is 6.88. The molecule has 20 heavy (non-hydrogen) atoms. The van der Waals surface area contributed by atoms with Crippen molar-refractivity contribution in [2.45, 2.75) is 31.3 Å². The zero-order valence-corrected chi connectivity index (χ0v) is 11.5. The minimum absolute atomic E-state index is 0.0474. The number of carbonyl (C=O) groups excluding carboxylic acids is 2. The second kappa shape index (κ2) is 4.90. The Hall–Kier alpha value is -1.88. The summed E-state index contributed by atoms with van der Waals surface area (Å²) in [5, 5.41) is 2.79. The van der Waals surface area contributed by atoms with Crippen LogP contribution in [0.5, 0.6) is 0 Å². The fourth-order valence-electron chi connectivity index (χ4n) is 2.85. The van der Waals surface area contributed by atoms with Crippen LogP contribution in [-0.2, 0) is 14.3 Å². The van der Waals surface area contributed by atoms with Gasteiger partial charge in [0.2, 0.25) is 11.8 Å². The highest BCUT2D eigenvalue weighted by Crippen LogP contribution is 2.39. The Bertz CT molecular complexity index is 546. The number of hydrogen-bond acceptors (Lipinski definition) is 3. The first-order chi connectivity index (χ1) is 9.63. The van der Waals surface area contributed by atoms with Gasteiger partial charge in [0.15, 0.2) is 0 Å². The number of para-hydroxylation sites is 2. The van der Waals surface area contributed by atoms with Crippen LogP contribution in [0.15, 0.2) is 24.3 Å². The van der Waals surface area contributed by atoms with Gasteiger partial charge < -0.3 is 15.0 Å². The Morgan fingerprint density at radius 2 is 2.15 bits per heavy atom. The number of fused-ring (bicyclic) bond motifs is 1. The molecule has 1 aliphatic heterocycles. The van der Waals surface area contributed by atoms with E-state index in [4.69, 9.17) is 4.74 Å². The minimum atomic E-state index is -0.319. The molecule has 3 rings (SSSR count). The molecule has 0 spiro atoms. The molecule has 5 nitrogen and oxygen atoms in total. The van der Waals surface area contributed by atoms with Gasteiger partial charge in [0.25, 0.3) is 0 Å². The normalized spacial score (nSPS) is 19.9. The van der Waals surface area contributed by atoms with Gasteiger partial charge in [-0.25, -0.2) is 0 Å². The molecule has 2 aliphatic rings. The van der Waals surface area contributed by atoms with Gasteiger partial charge in [0.1, 0.15) is 6.54 Å². The van der Waals surface area contributed by atoms with Crippen molar-refractivity contribution >= 4 is 23.2 Å². The summed E-state index contributed by atoms with van der Waals surface area (Å²) >= 11 is 0. The summed E-state index contributed by atoms with van der Waals surface area (Å²) in [5.74, 6) is -0.203. The molecule has 0 unspecified atom stereocenters. The lowest BCUT2D eigenvalue weighted by atomic mass is 9.77. The molecule has 0 aromatic heterocycles. The summed E-state index contributed by atoms with van der Waals surface area (Å²) in [4.78, 5) is 25.8. The average Bonchev–Trinajstić information content (AvgIpc) is 2.41. The molecule has 106 valence electrons. The van der Waals surface area contributed by atoms with Crippen molar-refractivity contribution in [2.75, 3.05) is 23.9 Å². The van der Waals surface area contributed by atoms with Gasteiger partial charge in [0, 0.05) is 7.11 Å². The molecule has 1 saturated carbocycles. The quantitative estimate of drug-likeness (QED) is 0.916. The summed E-state index contributed by atoms with van der Waals surface area (Å²) in [6, 6.07) is 7.37. The number of carbonyl (C=O) groups is 2. The van der Waals surface area contributed by atoms with E-state index in [0.29, 0.717) is 12.1 Å². The monoisotopic (exact) mass is 274 g/mol. The van der Waals surface area contributed by atoms with E-state index in [1.807, 2.05) is 24.3 Å². The van der Waals surface area contributed by atoms with Crippen molar-refractivity contribution in [3.05, 3.63) is 24.3 Å². The molecule has 1 N–H and O–H groups in total. The van der Waals surface area contributed by atoms with Crippen molar-refractivity contribution < 1.29 is 14.3 Å². The van der Waals surface area contributed by atoms with Gasteiger partial charge in [-0.05, 0) is 31.4 Å². The molecular weight excluding hydrogens is 256 g/mol. The first-order valence-corrected chi connectivity index (χ1v) is 6.88. The lowest BCUT2D eigenvalue weighted by Gasteiger charge is -2.41. The largest absolute Gasteiger partial charge is 0.378 e. The van der Waals surface area contributed by atoms with Gasteiger partial charge in [-0.2, -0.15) is 0 Å². The van der Waals surface area contributed by atoms with Crippen LogP contribution in [0.1, 0.15) is 25.7 Å². The van der Waals surface area contributed by atoms with Gasteiger partial charge in [-0.3, -0.25) is 9.59 Å². The van der Waals surface area contributed by atoms with Crippen LogP contribution < -0.4 is 10.2 Å². The molecule has 2 amide bonds. The molecule has 0 saturated heterocycles. The van der Waals surface area contributed by atoms with E-state index in [0.717, 1.165) is 24.9 Å². The average molecular weight is 274 g/mol. The number of anilines is 2. The fourth-order valence-corrected chi connectivity index (χ4v) is 2.85. The van der Waals surface area contributed by atoms with E-state index in [1.54, 1.807) is 12.0 Å². The van der Waals surface area contributed by atoms with E-state index in [2.05, 4.69) is 5.32 Å². The Balaban J connectivity index is 1.83. The maximum absolute atomic E-state index is 12.5. The summed E-state index contributed by atoms with van der Waals surface area (Å²) in [6.07, 6.45) is 3.26. The highest BCUT2D eigenvalue weighted by atomic mass is 16.5. The highest BCUT2D eigenvalue weighted by molar-refractivity contribution is 6.10. The Labute approximate surface area is 117 Å². The molecule has 1 aromatic carbocycles. The molecule has 1 fully saturated rings. The number of benzene rings is 1. The summed E-state index contributed by atoms with van der Waals surface area (Å²) in [7, 11) is 1.66. The van der Waals surface area contributed by atoms with E-state index < -0.39 is 0 Å². The van der Waals surface area contributed by atoms with Crippen LogP contribution in [0.4, 0.5) is 11.4 Å². The first kappa shape index (κ1) is 13.1. The third-order valence-electron chi connectivity index (χ3n) is 4.24. The number of hydrogen-bond donors (Lipinski definition) is 1. The van der Waals surface area contributed by atoms with Crippen molar-refractivity contribution in [1.82, 2.24) is 0 Å². The minimum Gasteiger partial charge on any atom is -0.378 e. The third kappa shape index (κ3) is 2.18. The zero-order chi connectivity index (χ0) is 14.2. The van der Waals surface area contributed by atoms with Crippen molar-refractivity contribution in [3.8, 4) is 0 Å². The van der Waals surface area contributed by atoms with Gasteiger partial charge in [0.05, 0.1) is 23.4 Å². The van der Waals surface area contributed by atoms with Crippen LogP contribution in [-0.4, -0.2) is 31.1 Å². The maximum atomic E-state index is 12.5. The second-order valence-electron chi connectivity index (χ2n) is 5.46. The molecule has 0 radical (unpaired) electrons. The molecule has 1 aromatic rings. The Morgan fingerprint density at radius 1 is 1.40 bits per heavy atom. The van der Waals surface area contributed by atoms with Crippen LogP contribution in [0, 0.1) is 0 Å². The van der Waals surface area contributed by atoms with Gasteiger partial charge in [-0.15, -0.1) is 0 Å². The molecule has 1 heterocycles. The fraction of sp³-hybridized carbons (Fsp3) is 0.467. The summed E-state index contributed by atoms with van der Waals surface area (Å²) < 4.78 is 5.50. The predicted octanol–water partition coefficient (Wildman–Crippen LogP) is 1.93. The van der Waals surface area contributed by atoms with Gasteiger partial charge >= 0.3 is 0 Å². The van der Waals surface area contributed by atoms with Crippen LogP contribution in [0.3, 0.4) is 0 Å². The van der Waals surface area contributed by atoms with E-state index in [1.165, 1.54) is 0 Å². The lowest BCUT2D eigenvalue weighted by molar-refractivity contribution is -0.133. The number of nitrogens with one attached hydrogen (secondary N) is 1. The topological polar surface area (TPSA) is 58.6 Å². The number of amides is 2. The molecule has 5 heteroatoms. The predicted molar refractivity (Wildman–Crippen MR) is 75.6 cm³/mol. The van der Waals surface area contributed by atoms with E-state index in [-0.39, 0.29) is 24.0 Å². The van der Waals surface area contributed by atoms with E-state index >= 15 is 0 Å². The van der Waals surface area contributed by atoms with Crippen molar-refractivity contribution in [2.24, 2.45) is 0 Å². The SMILES string of the molecule is COC1(CC(=O)N2CC(=O)Nc3ccccc32)CCC1. The molecule has 1 aliphatic carbocycles. The zero-order valence-electron chi connectivity index (χ0n) is 11.5. The van der Waals surface area contributed by atoms with Crippen LogP contribution in [0.2, 0.25) is 0 Å². The second-order valence-corrected chi connectivity index (χ2v) is 5.46. The van der Waals surface area contributed by atoms with E-state index in [9.17, 15) is 9.59 Å². The standard InChI is InChI=1S/C15H18N2O3/c1-20-15(7-4-8-15)9-14(19)17-10-13(18)16-11-5-2-3-6-12(11)17/h2-3,5-6H,4,7-10H2,1H3,(H,16,18). The highest BCUT2D eigenvalue weighted by Gasteiger charge is 2.41. The van der Waals surface area contributed by atoms with Crippen molar-refractivity contribution in [1.29, 1.82) is 0 Å². The number of rotatable bonds is 3. The third-order valence-corrected chi connectivity index (χ3v) is 4.24. The van der Waals surface area contributed by atoms with Crippen LogP contribution >= 0.6 is 0 Å². The van der Waals surface area contributed by atoms with Gasteiger partial charge in [-0.1, -0.05) is 12.1 Å². The van der Waals surface area contributed by atoms with Crippen molar-refractivity contribution in [3.63, 3.8) is 0 Å². The molecular formula is C15H18N2O3. The van der Waals surface area contributed by atoms with Crippen LogP contribution in [0.25, 0.3) is 0 Å². The molecule has 0 atom stereocenters.